The average Bonchev–Trinajstić information content (AvgIpc) is 2.47. The van der Waals surface area contributed by atoms with Gasteiger partial charge in [0.05, 0.1) is 17.2 Å². The number of para-hydroxylation sites is 2. The molecule has 0 bridgehead atoms. The second-order valence-electron chi connectivity index (χ2n) is 5.12. The van der Waals surface area contributed by atoms with E-state index in [9.17, 15) is 0 Å². The summed E-state index contributed by atoms with van der Waals surface area (Å²) >= 11 is 0. The second kappa shape index (κ2) is 4.92. The van der Waals surface area contributed by atoms with Crippen molar-refractivity contribution in [2.45, 2.75) is 38.1 Å². The van der Waals surface area contributed by atoms with Crippen LogP contribution in [-0.4, -0.2) is 23.1 Å². The number of anilines is 1. The molecular formula is C15H19N3. The number of hydrogen-bond acceptors (Lipinski definition) is 3. The summed E-state index contributed by atoms with van der Waals surface area (Å²) in [7, 11) is 2.15. The van der Waals surface area contributed by atoms with E-state index in [0.29, 0.717) is 6.04 Å². The Labute approximate surface area is 108 Å². The Morgan fingerprint density at radius 3 is 2.56 bits per heavy atom. The molecule has 0 radical (unpaired) electrons. The second-order valence-corrected chi connectivity index (χ2v) is 5.12. The largest absolute Gasteiger partial charge is 0.355 e. The van der Waals surface area contributed by atoms with Crippen LogP contribution in [0.15, 0.2) is 30.5 Å². The maximum absolute atomic E-state index is 4.71. The molecule has 0 atom stereocenters. The van der Waals surface area contributed by atoms with Gasteiger partial charge in [0.15, 0.2) is 0 Å². The summed E-state index contributed by atoms with van der Waals surface area (Å²) in [6, 6.07) is 8.69. The maximum Gasteiger partial charge on any atom is 0.147 e. The molecule has 1 heterocycles. The van der Waals surface area contributed by atoms with E-state index in [4.69, 9.17) is 4.98 Å². The van der Waals surface area contributed by atoms with Crippen LogP contribution >= 0.6 is 0 Å². The van der Waals surface area contributed by atoms with Crippen molar-refractivity contribution < 1.29 is 0 Å². The van der Waals surface area contributed by atoms with E-state index in [0.717, 1.165) is 16.9 Å². The van der Waals surface area contributed by atoms with Gasteiger partial charge in [-0.15, -0.1) is 0 Å². The zero-order valence-electron chi connectivity index (χ0n) is 10.8. The van der Waals surface area contributed by atoms with Gasteiger partial charge in [-0.1, -0.05) is 31.4 Å². The van der Waals surface area contributed by atoms with Gasteiger partial charge in [0.1, 0.15) is 5.82 Å². The third-order valence-electron chi connectivity index (χ3n) is 3.92. The molecule has 2 aromatic rings. The molecular weight excluding hydrogens is 222 g/mol. The normalized spacial score (nSPS) is 16.9. The van der Waals surface area contributed by atoms with Crippen LogP contribution in [0.25, 0.3) is 11.0 Å². The first-order valence-electron chi connectivity index (χ1n) is 6.79. The fourth-order valence-corrected chi connectivity index (χ4v) is 2.77. The number of aromatic nitrogens is 2. The van der Waals surface area contributed by atoms with Gasteiger partial charge in [0.2, 0.25) is 0 Å². The molecule has 0 aliphatic heterocycles. The van der Waals surface area contributed by atoms with Gasteiger partial charge in [-0.2, -0.15) is 0 Å². The molecule has 1 saturated carbocycles. The van der Waals surface area contributed by atoms with Crippen molar-refractivity contribution in [3.63, 3.8) is 0 Å². The minimum absolute atomic E-state index is 0.634. The summed E-state index contributed by atoms with van der Waals surface area (Å²) in [5.74, 6) is 1.00. The van der Waals surface area contributed by atoms with Crippen molar-refractivity contribution in [1.29, 1.82) is 0 Å². The molecule has 0 unspecified atom stereocenters. The standard InChI is InChI=1S/C15H19N3/c1-18(12-7-3-2-4-8-12)15-11-16-13-9-5-6-10-14(13)17-15/h5-6,9-12H,2-4,7-8H2,1H3. The third-order valence-corrected chi connectivity index (χ3v) is 3.92. The first-order chi connectivity index (χ1) is 8.84. The predicted molar refractivity (Wildman–Crippen MR) is 74.8 cm³/mol. The summed E-state index contributed by atoms with van der Waals surface area (Å²) in [5, 5.41) is 0. The van der Waals surface area contributed by atoms with Crippen molar-refractivity contribution in [3.05, 3.63) is 30.5 Å². The van der Waals surface area contributed by atoms with Gasteiger partial charge in [0, 0.05) is 13.1 Å². The highest BCUT2D eigenvalue weighted by Crippen LogP contribution is 2.25. The van der Waals surface area contributed by atoms with Crippen molar-refractivity contribution in [3.8, 4) is 0 Å². The molecule has 1 aromatic heterocycles. The van der Waals surface area contributed by atoms with Crippen LogP contribution in [0.3, 0.4) is 0 Å². The van der Waals surface area contributed by atoms with Crippen LogP contribution in [0.2, 0.25) is 0 Å². The molecule has 3 nitrogen and oxygen atoms in total. The van der Waals surface area contributed by atoms with E-state index in [1.165, 1.54) is 32.1 Å². The quantitative estimate of drug-likeness (QED) is 0.807. The lowest BCUT2D eigenvalue weighted by Gasteiger charge is -2.31. The van der Waals surface area contributed by atoms with Crippen LogP contribution in [0.1, 0.15) is 32.1 Å². The Kier molecular flexibility index (Phi) is 3.13. The molecule has 1 aliphatic rings. The van der Waals surface area contributed by atoms with Crippen LogP contribution in [0, 0.1) is 0 Å². The Morgan fingerprint density at radius 1 is 1.06 bits per heavy atom. The van der Waals surface area contributed by atoms with Crippen molar-refractivity contribution in [2.24, 2.45) is 0 Å². The Bertz CT molecular complexity index is 532. The molecule has 1 fully saturated rings. The molecule has 0 amide bonds. The highest BCUT2D eigenvalue weighted by Gasteiger charge is 2.19. The lowest BCUT2D eigenvalue weighted by atomic mass is 9.94. The lowest BCUT2D eigenvalue weighted by molar-refractivity contribution is 0.426. The van der Waals surface area contributed by atoms with Crippen LogP contribution < -0.4 is 4.90 Å². The van der Waals surface area contributed by atoms with Gasteiger partial charge in [-0.05, 0) is 25.0 Å². The van der Waals surface area contributed by atoms with E-state index in [-0.39, 0.29) is 0 Å². The lowest BCUT2D eigenvalue weighted by Crippen LogP contribution is -2.33. The molecule has 1 aromatic carbocycles. The number of nitrogens with zero attached hydrogens (tertiary/aromatic N) is 3. The van der Waals surface area contributed by atoms with E-state index >= 15 is 0 Å². The highest BCUT2D eigenvalue weighted by atomic mass is 15.2. The topological polar surface area (TPSA) is 29.0 Å². The minimum Gasteiger partial charge on any atom is -0.355 e. The van der Waals surface area contributed by atoms with Gasteiger partial charge < -0.3 is 4.90 Å². The molecule has 1 aliphatic carbocycles. The number of rotatable bonds is 2. The Balaban J connectivity index is 1.88. The Hall–Kier alpha value is -1.64. The summed E-state index contributed by atoms with van der Waals surface area (Å²) in [6.45, 7) is 0. The van der Waals surface area contributed by atoms with Gasteiger partial charge in [-0.25, -0.2) is 4.98 Å². The summed E-state index contributed by atoms with van der Waals surface area (Å²) in [6.07, 6.45) is 8.53. The number of benzene rings is 1. The first kappa shape index (κ1) is 11.5. The predicted octanol–water partition coefficient (Wildman–Crippen LogP) is 3.40. The summed E-state index contributed by atoms with van der Waals surface area (Å²) < 4.78 is 0. The van der Waals surface area contributed by atoms with E-state index in [2.05, 4.69) is 16.9 Å². The third kappa shape index (κ3) is 2.17. The molecule has 0 N–H and O–H groups in total. The van der Waals surface area contributed by atoms with Gasteiger partial charge in [0.25, 0.3) is 0 Å². The first-order valence-corrected chi connectivity index (χ1v) is 6.79. The van der Waals surface area contributed by atoms with Crippen molar-refractivity contribution in [1.82, 2.24) is 9.97 Å². The maximum atomic E-state index is 4.71. The zero-order valence-corrected chi connectivity index (χ0v) is 10.8. The fraction of sp³-hybridized carbons (Fsp3) is 0.467. The smallest absolute Gasteiger partial charge is 0.147 e. The number of fused-ring (bicyclic) bond motifs is 1. The molecule has 3 heteroatoms. The SMILES string of the molecule is CN(c1cnc2ccccc2n1)C1CCCCC1. The van der Waals surface area contributed by atoms with Gasteiger partial charge >= 0.3 is 0 Å². The van der Waals surface area contributed by atoms with Crippen LogP contribution in [-0.2, 0) is 0 Å². The number of hydrogen-bond donors (Lipinski definition) is 0. The van der Waals surface area contributed by atoms with Crippen molar-refractivity contribution >= 4 is 16.9 Å². The van der Waals surface area contributed by atoms with Crippen LogP contribution in [0.4, 0.5) is 5.82 Å². The zero-order chi connectivity index (χ0) is 12.4. The molecule has 94 valence electrons. The summed E-state index contributed by atoms with van der Waals surface area (Å²) in [4.78, 5) is 11.5. The minimum atomic E-state index is 0.634. The van der Waals surface area contributed by atoms with E-state index in [1.807, 2.05) is 30.5 Å². The van der Waals surface area contributed by atoms with Crippen LogP contribution in [0.5, 0.6) is 0 Å². The molecule has 3 rings (SSSR count). The fourth-order valence-electron chi connectivity index (χ4n) is 2.77. The molecule has 18 heavy (non-hydrogen) atoms. The van der Waals surface area contributed by atoms with Gasteiger partial charge in [-0.3, -0.25) is 4.98 Å². The van der Waals surface area contributed by atoms with Crippen molar-refractivity contribution in [2.75, 3.05) is 11.9 Å². The highest BCUT2D eigenvalue weighted by molar-refractivity contribution is 5.75. The molecule has 0 spiro atoms. The monoisotopic (exact) mass is 241 g/mol. The molecule has 0 saturated heterocycles. The summed E-state index contributed by atoms with van der Waals surface area (Å²) in [5.41, 5.74) is 1.95. The van der Waals surface area contributed by atoms with E-state index in [1.54, 1.807) is 0 Å². The Morgan fingerprint density at radius 2 is 1.78 bits per heavy atom. The van der Waals surface area contributed by atoms with E-state index < -0.39 is 0 Å². The average molecular weight is 241 g/mol.